The highest BCUT2D eigenvalue weighted by molar-refractivity contribution is 6.03. The minimum atomic E-state index is -5.19. The average molecular weight is 562 g/mol. The minimum Gasteiger partial charge on any atom is -0.492 e. The first-order valence-electron chi connectivity index (χ1n) is 12.3. The predicted octanol–water partition coefficient (Wildman–Crippen LogP) is 4.89. The monoisotopic (exact) mass is 562 g/mol. The lowest BCUT2D eigenvalue weighted by Crippen LogP contribution is -2.52. The molecule has 5 atom stereocenters. The molecular formula is C28H25F3O9. The van der Waals surface area contributed by atoms with Gasteiger partial charge in [-0.3, -0.25) is 9.59 Å². The van der Waals surface area contributed by atoms with Gasteiger partial charge in [-0.2, -0.15) is 13.2 Å². The number of furan rings is 1. The molecule has 0 saturated carbocycles. The molecule has 9 nitrogen and oxygen atoms in total. The van der Waals surface area contributed by atoms with Crippen LogP contribution in [0.3, 0.4) is 0 Å². The number of methoxy groups -OCH3 is 2. The van der Waals surface area contributed by atoms with Crippen LogP contribution in [0, 0.1) is 0 Å². The van der Waals surface area contributed by atoms with E-state index in [1.54, 1.807) is 6.92 Å². The van der Waals surface area contributed by atoms with Gasteiger partial charge in [-0.05, 0) is 5.56 Å². The van der Waals surface area contributed by atoms with Crippen LogP contribution in [0.1, 0.15) is 58.5 Å². The lowest BCUT2D eigenvalue weighted by Gasteiger charge is -2.35. The van der Waals surface area contributed by atoms with Crippen LogP contribution >= 0.6 is 0 Å². The minimum absolute atomic E-state index is 0.0537. The Bertz CT molecular complexity index is 1480. The number of ether oxygens (including phenoxy) is 5. The van der Waals surface area contributed by atoms with Gasteiger partial charge < -0.3 is 28.1 Å². The number of rotatable bonds is 8. The van der Waals surface area contributed by atoms with E-state index in [9.17, 15) is 27.6 Å². The van der Waals surface area contributed by atoms with Crippen LogP contribution in [0.5, 0.6) is 5.75 Å². The third-order valence-corrected chi connectivity index (χ3v) is 7.42. The summed E-state index contributed by atoms with van der Waals surface area (Å²) in [5, 5.41) is 0.314. The summed E-state index contributed by atoms with van der Waals surface area (Å²) in [6, 6.07) is 6.44. The highest BCUT2D eigenvalue weighted by Crippen LogP contribution is 2.57. The van der Waals surface area contributed by atoms with Gasteiger partial charge >= 0.3 is 18.1 Å². The molecule has 0 N–H and O–H groups in total. The maximum atomic E-state index is 14.6. The smallest absolute Gasteiger partial charge is 0.432 e. The number of carbonyl (C=O) groups is 3. The van der Waals surface area contributed by atoms with Crippen molar-refractivity contribution in [2.24, 2.45) is 0 Å². The third-order valence-electron chi connectivity index (χ3n) is 7.42. The normalized spacial score (nSPS) is 23.0. The van der Waals surface area contributed by atoms with Crippen LogP contribution in [-0.4, -0.2) is 50.8 Å². The van der Waals surface area contributed by atoms with E-state index in [0.29, 0.717) is 22.8 Å². The van der Waals surface area contributed by atoms with E-state index < -0.39 is 53.5 Å². The second kappa shape index (κ2) is 9.93. The summed E-state index contributed by atoms with van der Waals surface area (Å²) in [4.78, 5) is 37.4. The number of hydrogen-bond donors (Lipinski definition) is 0. The van der Waals surface area contributed by atoms with E-state index in [4.69, 9.17) is 28.1 Å². The predicted molar refractivity (Wildman–Crippen MR) is 131 cm³/mol. The quantitative estimate of drug-likeness (QED) is 0.215. The molecule has 0 radical (unpaired) electrons. The fraction of sp³-hybridized carbons (Fsp3) is 0.393. The number of alkyl halides is 3. The summed E-state index contributed by atoms with van der Waals surface area (Å²) in [7, 11) is 2.09. The summed E-state index contributed by atoms with van der Waals surface area (Å²) < 4.78 is 76.4. The van der Waals surface area contributed by atoms with Crippen LogP contribution in [0.2, 0.25) is 0 Å². The molecular weight excluding hydrogens is 537 g/mol. The van der Waals surface area contributed by atoms with E-state index in [2.05, 4.69) is 0 Å². The molecule has 0 unspecified atom stereocenters. The third kappa shape index (κ3) is 4.05. The van der Waals surface area contributed by atoms with Gasteiger partial charge in [0.1, 0.15) is 12.7 Å². The zero-order valence-electron chi connectivity index (χ0n) is 21.9. The summed E-state index contributed by atoms with van der Waals surface area (Å²) in [5.74, 6) is -2.63. The van der Waals surface area contributed by atoms with Gasteiger partial charge in [0.05, 0.1) is 19.5 Å². The van der Waals surface area contributed by atoms with Gasteiger partial charge in [-0.25, -0.2) is 4.79 Å². The molecule has 0 bridgehead atoms. The molecule has 0 spiro atoms. The molecule has 40 heavy (non-hydrogen) atoms. The molecule has 1 aliphatic heterocycles. The van der Waals surface area contributed by atoms with Crippen molar-refractivity contribution >= 4 is 29.2 Å². The number of halogens is 3. The standard InChI is InChI=1S/C28H25F3O9/c1-13-18-17(10-32)19-15(11-37-14(2)33)12-38-23(19)22(35-3)20(18)24(25-21(13)39-25)40-26(34)27(36-4,28(29,30)31)16-8-6-5-7-9-16/h5-10,12-13,21,24-25H,11H2,1-4H3/t13-,21+,24-,25+,27+/m1/s1. The molecule has 1 saturated heterocycles. The summed E-state index contributed by atoms with van der Waals surface area (Å²) in [6.45, 7) is 2.82. The molecule has 2 aromatic carbocycles. The van der Waals surface area contributed by atoms with Crippen molar-refractivity contribution in [3.8, 4) is 5.75 Å². The van der Waals surface area contributed by atoms with Gasteiger partial charge in [-0.15, -0.1) is 0 Å². The Morgan fingerprint density at radius 3 is 2.35 bits per heavy atom. The average Bonchev–Trinajstić information content (AvgIpc) is 3.62. The molecule has 2 aliphatic rings. The van der Waals surface area contributed by atoms with Crippen molar-refractivity contribution in [1.82, 2.24) is 0 Å². The van der Waals surface area contributed by atoms with Gasteiger partial charge in [0.2, 0.25) is 0 Å². The molecule has 2 heterocycles. The van der Waals surface area contributed by atoms with E-state index in [-0.39, 0.29) is 29.1 Å². The number of esters is 2. The van der Waals surface area contributed by atoms with Gasteiger partial charge in [0.25, 0.3) is 5.60 Å². The topological polar surface area (TPSA) is 114 Å². The van der Waals surface area contributed by atoms with Gasteiger partial charge in [0.15, 0.2) is 23.7 Å². The van der Waals surface area contributed by atoms with Crippen molar-refractivity contribution in [1.29, 1.82) is 0 Å². The molecule has 12 heteroatoms. The number of hydrogen-bond acceptors (Lipinski definition) is 9. The van der Waals surface area contributed by atoms with E-state index in [1.807, 2.05) is 0 Å². The molecule has 3 aromatic rings. The van der Waals surface area contributed by atoms with Gasteiger partial charge in [0, 0.05) is 47.6 Å². The molecule has 1 aromatic heterocycles. The zero-order chi connectivity index (χ0) is 29.0. The van der Waals surface area contributed by atoms with Crippen molar-refractivity contribution in [2.45, 2.75) is 56.5 Å². The summed E-state index contributed by atoms with van der Waals surface area (Å²) in [6.07, 6.45) is -6.05. The van der Waals surface area contributed by atoms with Crippen LogP contribution in [0.25, 0.3) is 11.0 Å². The molecule has 0 amide bonds. The fourth-order valence-electron chi connectivity index (χ4n) is 5.59. The van der Waals surface area contributed by atoms with Gasteiger partial charge in [-0.1, -0.05) is 37.3 Å². The van der Waals surface area contributed by atoms with E-state index >= 15 is 0 Å². The van der Waals surface area contributed by atoms with Crippen molar-refractivity contribution < 1.29 is 55.7 Å². The van der Waals surface area contributed by atoms with Crippen molar-refractivity contribution in [3.63, 3.8) is 0 Å². The van der Waals surface area contributed by atoms with Crippen molar-refractivity contribution in [3.05, 3.63) is 64.4 Å². The largest absolute Gasteiger partial charge is 0.492 e. The fourth-order valence-corrected chi connectivity index (χ4v) is 5.59. The number of epoxide rings is 1. The number of carbonyl (C=O) groups excluding carboxylic acids is 3. The highest BCUT2D eigenvalue weighted by Gasteiger charge is 2.66. The Kier molecular flexibility index (Phi) is 6.87. The lowest BCUT2D eigenvalue weighted by molar-refractivity contribution is -0.278. The number of benzene rings is 2. The van der Waals surface area contributed by atoms with Crippen LogP contribution in [0.4, 0.5) is 13.2 Å². The Balaban J connectivity index is 1.68. The van der Waals surface area contributed by atoms with Crippen molar-refractivity contribution in [2.75, 3.05) is 14.2 Å². The van der Waals surface area contributed by atoms with E-state index in [1.165, 1.54) is 38.5 Å². The maximum Gasteiger partial charge on any atom is 0.432 e. The lowest BCUT2D eigenvalue weighted by atomic mass is 9.77. The summed E-state index contributed by atoms with van der Waals surface area (Å²) in [5.41, 5.74) is -2.77. The Hall–Kier alpha value is -3.90. The van der Waals surface area contributed by atoms with E-state index in [0.717, 1.165) is 19.2 Å². The molecule has 1 fully saturated rings. The second-order valence-corrected chi connectivity index (χ2v) is 9.57. The Morgan fingerprint density at radius 2 is 1.77 bits per heavy atom. The second-order valence-electron chi connectivity index (χ2n) is 9.57. The SMILES string of the molecule is COc1c2c(c(C=O)c3c(COC(C)=O)coc13)[C@@H](C)[C@@H]1O[C@@H]1[C@@H]2OC(=O)[C@@](OC)(c1ccccc1)C(F)(F)F. The number of aldehydes is 1. The molecule has 5 rings (SSSR count). The Morgan fingerprint density at radius 1 is 1.07 bits per heavy atom. The Labute approximate surface area is 226 Å². The molecule has 212 valence electrons. The first-order valence-corrected chi connectivity index (χ1v) is 12.3. The van der Waals surface area contributed by atoms with Crippen LogP contribution < -0.4 is 4.74 Å². The highest BCUT2D eigenvalue weighted by atomic mass is 19.4. The first kappa shape index (κ1) is 27.7. The summed E-state index contributed by atoms with van der Waals surface area (Å²) >= 11 is 0. The molecule has 1 aliphatic carbocycles. The number of fused-ring (bicyclic) bond motifs is 3. The maximum absolute atomic E-state index is 14.6. The first-order chi connectivity index (χ1) is 19.0. The van der Waals surface area contributed by atoms with Crippen LogP contribution in [0.15, 0.2) is 41.0 Å². The zero-order valence-corrected chi connectivity index (χ0v) is 21.9. The van der Waals surface area contributed by atoms with Crippen LogP contribution in [-0.2, 0) is 40.7 Å².